The average Bonchev–Trinajstić information content (AvgIpc) is 2.39. The number of hydrogen-bond acceptors (Lipinski definition) is 6. The van der Waals surface area contributed by atoms with Crippen molar-refractivity contribution in [1.82, 2.24) is 0 Å². The van der Waals surface area contributed by atoms with Gasteiger partial charge < -0.3 is 22.1 Å². The largest absolute Gasteiger partial charge is 0.500 e. The fraction of sp³-hybridized carbons (Fsp3) is 1.00. The second-order valence-corrected chi connectivity index (χ2v) is 10.8. The second kappa shape index (κ2) is 8.65. The van der Waals surface area contributed by atoms with Crippen LogP contribution in [-0.4, -0.2) is 58.7 Å². The van der Waals surface area contributed by atoms with Gasteiger partial charge in [-0.25, -0.2) is 0 Å². The van der Waals surface area contributed by atoms with Gasteiger partial charge in [-0.3, -0.25) is 0 Å². The monoisotopic (exact) mass is 300 g/mol. The summed E-state index contributed by atoms with van der Waals surface area (Å²) in [4.78, 5) is 0. The van der Waals surface area contributed by atoms with E-state index in [0.717, 1.165) is 17.8 Å². The van der Waals surface area contributed by atoms with E-state index in [1.54, 1.807) is 35.5 Å². The van der Waals surface area contributed by atoms with Crippen LogP contribution in [0.3, 0.4) is 0 Å². The van der Waals surface area contributed by atoms with Crippen molar-refractivity contribution < 1.29 is 22.1 Å². The lowest BCUT2D eigenvalue weighted by Crippen LogP contribution is -2.47. The van der Waals surface area contributed by atoms with Gasteiger partial charge in [0.2, 0.25) is 0 Å². The summed E-state index contributed by atoms with van der Waals surface area (Å²) >= 11 is 4.25. The van der Waals surface area contributed by atoms with Crippen molar-refractivity contribution >= 4 is 30.0 Å². The summed E-state index contributed by atoms with van der Waals surface area (Å²) in [5.74, 6) is 0.745. The van der Waals surface area contributed by atoms with Crippen molar-refractivity contribution in [3.63, 3.8) is 0 Å². The molecule has 0 aliphatic rings. The summed E-state index contributed by atoms with van der Waals surface area (Å²) in [5, 5.41) is 0. The lowest BCUT2D eigenvalue weighted by molar-refractivity contribution is 0.123. The highest BCUT2D eigenvalue weighted by Gasteiger charge is 2.44. The first kappa shape index (κ1) is 17.6. The Morgan fingerprint density at radius 1 is 0.706 bits per heavy atom. The predicted molar refractivity (Wildman–Crippen MR) is 74.8 cm³/mol. The molecule has 0 radical (unpaired) electrons. The van der Waals surface area contributed by atoms with Crippen LogP contribution in [0.25, 0.3) is 0 Å². The molecule has 0 heterocycles. The van der Waals surface area contributed by atoms with E-state index in [1.165, 1.54) is 0 Å². The number of rotatable bonds is 10. The zero-order chi connectivity index (χ0) is 13.4. The van der Waals surface area contributed by atoms with Crippen LogP contribution in [0.2, 0.25) is 18.1 Å². The lowest BCUT2D eigenvalue weighted by Gasteiger charge is -2.30. The number of hydrogen-bond donors (Lipinski definition) is 1. The van der Waals surface area contributed by atoms with E-state index in [-0.39, 0.29) is 0 Å². The molecule has 0 fully saturated rings. The maximum atomic E-state index is 5.58. The van der Waals surface area contributed by atoms with E-state index in [2.05, 4.69) is 12.6 Å². The van der Waals surface area contributed by atoms with Crippen LogP contribution in [0.5, 0.6) is 0 Å². The van der Waals surface area contributed by atoms with Crippen molar-refractivity contribution in [1.29, 1.82) is 0 Å². The molecule has 0 amide bonds. The van der Waals surface area contributed by atoms with Crippen LogP contribution in [0.15, 0.2) is 0 Å². The molecule has 0 aromatic rings. The predicted octanol–water partition coefficient (Wildman–Crippen LogP) is 1.53. The third-order valence-corrected chi connectivity index (χ3v) is 10.4. The Balaban J connectivity index is 4.56. The number of thiol groups is 1. The molecule has 0 spiro atoms. The van der Waals surface area contributed by atoms with Gasteiger partial charge in [0, 0.05) is 41.6 Å². The van der Waals surface area contributed by atoms with Crippen molar-refractivity contribution in [2.45, 2.75) is 18.1 Å². The van der Waals surface area contributed by atoms with E-state index in [1.807, 2.05) is 0 Å². The summed E-state index contributed by atoms with van der Waals surface area (Å²) in [6, 6.07) is 2.31. The van der Waals surface area contributed by atoms with Crippen molar-refractivity contribution in [3.8, 4) is 0 Å². The summed E-state index contributed by atoms with van der Waals surface area (Å²) in [6.07, 6.45) is 0. The van der Waals surface area contributed by atoms with Gasteiger partial charge in [0.15, 0.2) is 0 Å². The van der Waals surface area contributed by atoms with Gasteiger partial charge >= 0.3 is 17.4 Å². The van der Waals surface area contributed by atoms with Crippen LogP contribution >= 0.6 is 12.6 Å². The minimum Gasteiger partial charge on any atom is -0.398 e. The summed E-state index contributed by atoms with van der Waals surface area (Å²) in [7, 11) is 3.49. The lowest BCUT2D eigenvalue weighted by atomic mass is 10.9. The normalized spacial score (nSPS) is 13.1. The SMILES string of the molecule is CO[Si](CCS)(CC[Si](OC)(OC)OC)OC. The molecule has 0 unspecified atom stereocenters. The van der Waals surface area contributed by atoms with Gasteiger partial charge in [0.25, 0.3) is 0 Å². The van der Waals surface area contributed by atoms with E-state index < -0.39 is 17.4 Å². The molecule has 0 aliphatic heterocycles. The van der Waals surface area contributed by atoms with Crippen LogP contribution in [0.1, 0.15) is 0 Å². The Morgan fingerprint density at radius 2 is 1.18 bits per heavy atom. The minimum atomic E-state index is -2.54. The highest BCUT2D eigenvalue weighted by atomic mass is 32.1. The molecule has 0 saturated heterocycles. The molecular formula is C9H24O5SSi2. The van der Waals surface area contributed by atoms with E-state index in [4.69, 9.17) is 22.1 Å². The molecule has 0 aliphatic carbocycles. The van der Waals surface area contributed by atoms with Gasteiger partial charge in [-0.1, -0.05) is 0 Å². The third-order valence-electron chi connectivity index (χ3n) is 2.98. The van der Waals surface area contributed by atoms with Crippen LogP contribution < -0.4 is 0 Å². The molecule has 0 atom stereocenters. The molecule has 0 aromatic carbocycles. The van der Waals surface area contributed by atoms with Crippen LogP contribution in [0.4, 0.5) is 0 Å². The Morgan fingerprint density at radius 3 is 1.47 bits per heavy atom. The first-order chi connectivity index (χ1) is 8.07. The zero-order valence-corrected chi connectivity index (χ0v) is 14.2. The van der Waals surface area contributed by atoms with Crippen LogP contribution in [-0.2, 0) is 22.1 Å². The molecular weight excluding hydrogens is 276 g/mol. The van der Waals surface area contributed by atoms with Crippen molar-refractivity contribution in [3.05, 3.63) is 0 Å². The summed E-state index contributed by atoms with van der Waals surface area (Å²) in [6.45, 7) is 0. The maximum Gasteiger partial charge on any atom is 0.500 e. The Bertz CT molecular complexity index is 192. The maximum absolute atomic E-state index is 5.58. The topological polar surface area (TPSA) is 46.2 Å². The van der Waals surface area contributed by atoms with E-state index in [9.17, 15) is 0 Å². The quantitative estimate of drug-likeness (QED) is 0.490. The molecule has 8 heteroatoms. The first-order valence-corrected chi connectivity index (χ1v) is 10.2. The smallest absolute Gasteiger partial charge is 0.398 e. The Labute approximate surface area is 112 Å². The Hall–Kier alpha value is 0.584. The standard InChI is InChI=1S/C9H24O5SSi2/c1-10-16(11-2,7-6-15)8-9-17(12-3,13-4)14-5/h15H,6-9H2,1-5H3. The zero-order valence-electron chi connectivity index (χ0n) is 11.3. The van der Waals surface area contributed by atoms with Gasteiger partial charge in [-0.2, -0.15) is 12.6 Å². The minimum absolute atomic E-state index is 0.693. The second-order valence-electron chi connectivity index (χ2n) is 3.59. The molecule has 0 N–H and O–H groups in total. The molecule has 0 rings (SSSR count). The van der Waals surface area contributed by atoms with Crippen molar-refractivity contribution in [2.24, 2.45) is 0 Å². The van der Waals surface area contributed by atoms with E-state index >= 15 is 0 Å². The molecule has 17 heavy (non-hydrogen) atoms. The highest BCUT2D eigenvalue weighted by molar-refractivity contribution is 7.80. The third kappa shape index (κ3) is 4.99. The molecule has 0 bridgehead atoms. The molecule has 0 saturated carbocycles. The first-order valence-electron chi connectivity index (χ1n) is 5.44. The van der Waals surface area contributed by atoms with Gasteiger partial charge in [-0.05, 0) is 17.8 Å². The van der Waals surface area contributed by atoms with Gasteiger partial charge in [0.05, 0.1) is 0 Å². The van der Waals surface area contributed by atoms with Crippen LogP contribution in [0, 0.1) is 0 Å². The Kier molecular flexibility index (Phi) is 8.94. The fourth-order valence-corrected chi connectivity index (χ4v) is 8.14. The molecule has 5 nitrogen and oxygen atoms in total. The van der Waals surface area contributed by atoms with Gasteiger partial charge in [-0.15, -0.1) is 0 Å². The van der Waals surface area contributed by atoms with Gasteiger partial charge in [0.1, 0.15) is 0 Å². The summed E-state index contributed by atoms with van der Waals surface area (Å²) in [5.41, 5.74) is 0. The van der Waals surface area contributed by atoms with Crippen molar-refractivity contribution in [2.75, 3.05) is 41.3 Å². The summed E-state index contributed by atoms with van der Waals surface area (Å²) < 4.78 is 27.3. The van der Waals surface area contributed by atoms with E-state index in [0.29, 0.717) is 6.04 Å². The highest BCUT2D eigenvalue weighted by Crippen LogP contribution is 2.26. The molecule has 104 valence electrons. The fourth-order valence-electron chi connectivity index (χ4n) is 1.69. The molecule has 0 aromatic heterocycles. The average molecular weight is 301 g/mol.